The molecule has 1 heteroatoms. The van der Waals surface area contributed by atoms with E-state index in [0.717, 1.165) is 12.1 Å². The van der Waals surface area contributed by atoms with Crippen LogP contribution in [0.25, 0.3) is 105 Å². The van der Waals surface area contributed by atoms with E-state index < -0.39 is 0 Å². The molecule has 1 aliphatic carbocycles. The van der Waals surface area contributed by atoms with E-state index in [2.05, 4.69) is 217 Å². The van der Waals surface area contributed by atoms with E-state index in [4.69, 9.17) is 0 Å². The van der Waals surface area contributed by atoms with Gasteiger partial charge in [-0.05, 0) is 125 Å². The van der Waals surface area contributed by atoms with Gasteiger partial charge in [0.2, 0.25) is 0 Å². The lowest BCUT2D eigenvalue weighted by Crippen LogP contribution is -1.95. The Bertz CT molecular complexity index is 3350. The van der Waals surface area contributed by atoms with Crippen molar-refractivity contribution in [1.29, 1.82) is 0 Å². The van der Waals surface area contributed by atoms with Gasteiger partial charge in [0.1, 0.15) is 0 Å². The lowest BCUT2D eigenvalue weighted by atomic mass is 9.86. The third-order valence-electron chi connectivity index (χ3n) is 12.4. The summed E-state index contributed by atoms with van der Waals surface area (Å²) in [4.78, 5) is 0. The third-order valence-corrected chi connectivity index (χ3v) is 12.4. The van der Waals surface area contributed by atoms with Crippen molar-refractivity contribution in [2.24, 2.45) is 0 Å². The molecule has 0 amide bonds. The Morgan fingerprint density at radius 2 is 0.793 bits per heavy atom. The monoisotopic (exact) mass is 735 g/mol. The van der Waals surface area contributed by atoms with Gasteiger partial charge >= 0.3 is 0 Å². The molecule has 0 aliphatic heterocycles. The molecule has 0 saturated heterocycles. The summed E-state index contributed by atoms with van der Waals surface area (Å²) in [6.07, 6.45) is 0.971. The summed E-state index contributed by atoms with van der Waals surface area (Å²) in [5.41, 5.74) is 19.2. The van der Waals surface area contributed by atoms with Crippen LogP contribution in [0.15, 0.2) is 212 Å². The Morgan fingerprint density at radius 3 is 1.52 bits per heavy atom. The van der Waals surface area contributed by atoms with Crippen LogP contribution in [0.3, 0.4) is 0 Å². The summed E-state index contributed by atoms with van der Waals surface area (Å²) in [6.45, 7) is 0. The Kier molecular flexibility index (Phi) is 7.36. The largest absolute Gasteiger partial charge is 0.309 e. The fourth-order valence-electron chi connectivity index (χ4n) is 9.95. The van der Waals surface area contributed by atoms with E-state index in [0.29, 0.717) is 0 Å². The molecule has 12 rings (SSSR count). The summed E-state index contributed by atoms with van der Waals surface area (Å²) in [6, 6.07) is 78.3. The molecule has 0 unspecified atom stereocenters. The van der Waals surface area contributed by atoms with Crippen molar-refractivity contribution in [3.05, 3.63) is 223 Å². The molecule has 0 atom stereocenters. The number of benzene rings is 10. The van der Waals surface area contributed by atoms with Crippen LogP contribution in [0, 0.1) is 0 Å². The van der Waals surface area contributed by atoms with E-state index in [-0.39, 0.29) is 0 Å². The Labute approximate surface area is 337 Å². The first kappa shape index (κ1) is 32.7. The summed E-state index contributed by atoms with van der Waals surface area (Å²) in [5.74, 6) is 0. The molecule has 0 bridgehead atoms. The number of hydrogen-bond acceptors (Lipinski definition) is 0. The van der Waals surface area contributed by atoms with E-state index in [9.17, 15) is 0 Å². The van der Waals surface area contributed by atoms with Gasteiger partial charge in [0.05, 0.1) is 11.0 Å². The smallest absolute Gasteiger partial charge is 0.0547 e. The van der Waals surface area contributed by atoms with Crippen molar-refractivity contribution in [2.45, 2.75) is 6.42 Å². The van der Waals surface area contributed by atoms with Gasteiger partial charge in [0, 0.05) is 16.5 Å². The highest BCUT2D eigenvalue weighted by Gasteiger charge is 2.22. The van der Waals surface area contributed by atoms with Crippen LogP contribution in [0.2, 0.25) is 0 Å². The maximum atomic E-state index is 2.44. The van der Waals surface area contributed by atoms with Gasteiger partial charge in [-0.2, -0.15) is 0 Å². The molecule has 0 N–H and O–H groups in total. The normalized spacial score (nSPS) is 12.1. The minimum absolute atomic E-state index is 0.971. The van der Waals surface area contributed by atoms with Gasteiger partial charge in [-0.3, -0.25) is 0 Å². The molecule has 0 spiro atoms. The van der Waals surface area contributed by atoms with E-state index in [1.165, 1.54) is 110 Å². The highest BCUT2D eigenvalue weighted by atomic mass is 15.0. The second-order valence-corrected chi connectivity index (χ2v) is 15.6. The predicted molar refractivity (Wildman–Crippen MR) is 246 cm³/mol. The predicted octanol–water partition coefficient (Wildman–Crippen LogP) is 15.3. The number of para-hydroxylation sites is 1. The van der Waals surface area contributed by atoms with Crippen molar-refractivity contribution < 1.29 is 0 Å². The molecular formula is C57H37N. The summed E-state index contributed by atoms with van der Waals surface area (Å²) in [7, 11) is 0. The van der Waals surface area contributed by atoms with Crippen LogP contribution < -0.4 is 0 Å². The topological polar surface area (TPSA) is 4.93 Å². The number of aromatic nitrogens is 1. The third kappa shape index (κ3) is 4.97. The molecule has 0 fully saturated rings. The molecule has 11 aromatic rings. The maximum Gasteiger partial charge on any atom is 0.0547 e. The van der Waals surface area contributed by atoms with Crippen LogP contribution >= 0.6 is 0 Å². The Morgan fingerprint density at radius 1 is 0.310 bits per heavy atom. The average molecular weight is 736 g/mol. The van der Waals surface area contributed by atoms with E-state index >= 15 is 0 Å². The lowest BCUT2D eigenvalue weighted by molar-refractivity contribution is 1.18. The first-order chi connectivity index (χ1) is 28.8. The average Bonchev–Trinajstić information content (AvgIpc) is 3.85. The minimum Gasteiger partial charge on any atom is -0.309 e. The quantitative estimate of drug-likeness (QED) is 0.155. The Hall–Kier alpha value is -7.48. The van der Waals surface area contributed by atoms with Gasteiger partial charge in [-0.1, -0.05) is 182 Å². The molecule has 1 heterocycles. The van der Waals surface area contributed by atoms with Crippen molar-refractivity contribution in [2.75, 3.05) is 0 Å². The van der Waals surface area contributed by atoms with Crippen LogP contribution in [-0.2, 0) is 6.42 Å². The lowest BCUT2D eigenvalue weighted by Gasteiger charge is -2.18. The van der Waals surface area contributed by atoms with Crippen molar-refractivity contribution in [3.63, 3.8) is 0 Å². The van der Waals surface area contributed by atoms with Crippen molar-refractivity contribution in [1.82, 2.24) is 4.57 Å². The molecule has 1 nitrogen and oxygen atoms in total. The van der Waals surface area contributed by atoms with Gasteiger partial charge < -0.3 is 4.57 Å². The molecule has 0 radical (unpaired) electrons. The highest BCUT2D eigenvalue weighted by Crippen LogP contribution is 2.46. The van der Waals surface area contributed by atoms with Crippen molar-refractivity contribution in [3.8, 4) is 61.3 Å². The molecule has 270 valence electrons. The fraction of sp³-hybridized carbons (Fsp3) is 0.0175. The SMILES string of the molecule is c1ccc(-c2c3ccccc3c(-c3ccc(-n4c5ccccc5c5c(-c6cccc(-c7cccc8c7Cc7ccccc7-8)c6)cccc54)cc3)c3ccccc23)cc1. The number of rotatable bonds is 5. The molecule has 58 heavy (non-hydrogen) atoms. The molecule has 0 saturated carbocycles. The van der Waals surface area contributed by atoms with E-state index in [1.807, 2.05) is 0 Å². The molecule has 10 aromatic carbocycles. The minimum atomic E-state index is 0.971. The zero-order valence-electron chi connectivity index (χ0n) is 31.9. The summed E-state index contributed by atoms with van der Waals surface area (Å²) >= 11 is 0. The molecule has 1 aromatic heterocycles. The second kappa shape index (κ2) is 13.0. The van der Waals surface area contributed by atoms with Gasteiger partial charge in [0.25, 0.3) is 0 Å². The van der Waals surface area contributed by atoms with Crippen LogP contribution in [0.4, 0.5) is 0 Å². The highest BCUT2D eigenvalue weighted by molar-refractivity contribution is 6.21. The summed E-state index contributed by atoms with van der Waals surface area (Å²) in [5, 5.41) is 7.60. The van der Waals surface area contributed by atoms with Gasteiger partial charge in [-0.25, -0.2) is 0 Å². The molecular weight excluding hydrogens is 699 g/mol. The first-order valence-corrected chi connectivity index (χ1v) is 20.2. The first-order valence-electron chi connectivity index (χ1n) is 20.2. The van der Waals surface area contributed by atoms with Gasteiger partial charge in [0.15, 0.2) is 0 Å². The second-order valence-electron chi connectivity index (χ2n) is 15.6. The van der Waals surface area contributed by atoms with Gasteiger partial charge in [-0.15, -0.1) is 0 Å². The van der Waals surface area contributed by atoms with Crippen LogP contribution in [0.5, 0.6) is 0 Å². The molecule has 1 aliphatic rings. The maximum absolute atomic E-state index is 2.44. The fourth-order valence-corrected chi connectivity index (χ4v) is 9.95. The van der Waals surface area contributed by atoms with Crippen molar-refractivity contribution >= 4 is 43.4 Å². The van der Waals surface area contributed by atoms with Crippen LogP contribution in [-0.4, -0.2) is 4.57 Å². The van der Waals surface area contributed by atoms with Crippen LogP contribution in [0.1, 0.15) is 11.1 Å². The standard InChI is InChI=1S/C57H37N/c1-2-15-37(16-3-1)55-47-21-6-8-23-49(47)56(50-24-9-7-22-48(50)55)38-31-33-42(34-32-38)58-53-29-11-10-25-51(53)57-45(27-14-30-54(57)58)40-19-12-18-39(35-40)44-26-13-28-46-43-20-5-4-17-41(43)36-52(44)46/h1-35H,36H2. The zero-order valence-corrected chi connectivity index (χ0v) is 31.9. The number of fused-ring (bicyclic) bond motifs is 8. The number of hydrogen-bond donors (Lipinski definition) is 0. The number of nitrogens with zero attached hydrogens (tertiary/aromatic N) is 1. The Balaban J connectivity index is 0.997. The summed E-state index contributed by atoms with van der Waals surface area (Å²) < 4.78 is 2.44. The zero-order chi connectivity index (χ0) is 38.2. The van der Waals surface area contributed by atoms with E-state index in [1.54, 1.807) is 0 Å².